The van der Waals surface area contributed by atoms with Crippen molar-refractivity contribution in [1.29, 1.82) is 0 Å². The molecule has 2 rings (SSSR count). The lowest BCUT2D eigenvalue weighted by Crippen LogP contribution is -2.30. The van der Waals surface area contributed by atoms with Crippen LogP contribution < -0.4 is 4.74 Å². The molecule has 22 heavy (non-hydrogen) atoms. The second-order valence-electron chi connectivity index (χ2n) is 5.12. The zero-order valence-corrected chi connectivity index (χ0v) is 14.9. The minimum Gasteiger partial charge on any atom is -0.495 e. The lowest BCUT2D eigenvalue weighted by Gasteiger charge is -2.24. The fourth-order valence-electron chi connectivity index (χ4n) is 2.29. The molecule has 4 nitrogen and oxygen atoms in total. The Morgan fingerprint density at radius 3 is 2.59 bits per heavy atom. The number of halogens is 1. The monoisotopic (exact) mass is 338 g/mol. The summed E-state index contributed by atoms with van der Waals surface area (Å²) in [7, 11) is 3.32. The number of aryl methyl sites for hydroxylation is 2. The maximum Gasteiger partial charge on any atom is 0.254 e. The Morgan fingerprint density at radius 1 is 1.41 bits per heavy atom. The SMILES string of the molecule is COc1ccc(C(=O)N(C)[C@H](C)c2nc(C)sc2C)cc1Cl. The van der Waals surface area contributed by atoms with Gasteiger partial charge < -0.3 is 9.64 Å². The van der Waals surface area contributed by atoms with E-state index in [2.05, 4.69) is 4.98 Å². The van der Waals surface area contributed by atoms with Crippen LogP contribution in [0, 0.1) is 13.8 Å². The van der Waals surface area contributed by atoms with Crippen molar-refractivity contribution >= 4 is 28.8 Å². The molecule has 2 aromatic rings. The van der Waals surface area contributed by atoms with E-state index in [1.165, 1.54) is 0 Å². The molecule has 1 heterocycles. The summed E-state index contributed by atoms with van der Waals surface area (Å²) in [6.45, 7) is 5.97. The van der Waals surface area contributed by atoms with E-state index >= 15 is 0 Å². The normalized spacial score (nSPS) is 12.1. The quantitative estimate of drug-likeness (QED) is 0.836. The summed E-state index contributed by atoms with van der Waals surface area (Å²) in [6.07, 6.45) is 0. The van der Waals surface area contributed by atoms with Gasteiger partial charge in [0.2, 0.25) is 0 Å². The van der Waals surface area contributed by atoms with Crippen LogP contribution in [0.4, 0.5) is 0 Å². The van der Waals surface area contributed by atoms with E-state index in [4.69, 9.17) is 16.3 Å². The largest absolute Gasteiger partial charge is 0.495 e. The number of hydrogen-bond donors (Lipinski definition) is 0. The van der Waals surface area contributed by atoms with Gasteiger partial charge in [-0.25, -0.2) is 4.98 Å². The number of ether oxygens (including phenoxy) is 1. The van der Waals surface area contributed by atoms with Gasteiger partial charge in [0.25, 0.3) is 5.91 Å². The van der Waals surface area contributed by atoms with Crippen molar-refractivity contribution in [3.05, 3.63) is 44.4 Å². The van der Waals surface area contributed by atoms with Crippen molar-refractivity contribution in [2.24, 2.45) is 0 Å². The third-order valence-corrected chi connectivity index (χ3v) is 4.83. The number of carbonyl (C=O) groups excluding carboxylic acids is 1. The van der Waals surface area contributed by atoms with Gasteiger partial charge in [-0.1, -0.05) is 11.6 Å². The molecule has 0 spiro atoms. The topological polar surface area (TPSA) is 42.4 Å². The van der Waals surface area contributed by atoms with Gasteiger partial charge in [0.15, 0.2) is 0 Å². The fraction of sp³-hybridized carbons (Fsp3) is 0.375. The third kappa shape index (κ3) is 3.25. The molecule has 0 aliphatic carbocycles. The molecule has 0 radical (unpaired) electrons. The Bertz CT molecular complexity index is 699. The van der Waals surface area contributed by atoms with Gasteiger partial charge in [0.05, 0.1) is 28.9 Å². The van der Waals surface area contributed by atoms with Crippen molar-refractivity contribution < 1.29 is 9.53 Å². The average Bonchev–Trinajstić information content (AvgIpc) is 2.83. The van der Waals surface area contributed by atoms with E-state index in [0.717, 1.165) is 15.6 Å². The number of carbonyl (C=O) groups is 1. The standard InChI is InChI=1S/C16H19ClN2O2S/c1-9(15-10(2)22-11(3)18-15)19(4)16(20)12-6-7-14(21-5)13(17)8-12/h6-9H,1-5H3/t9-/m1/s1. The van der Waals surface area contributed by atoms with Crippen LogP contribution in [0.25, 0.3) is 0 Å². The van der Waals surface area contributed by atoms with E-state index in [0.29, 0.717) is 16.3 Å². The van der Waals surface area contributed by atoms with Crippen LogP contribution in [-0.4, -0.2) is 29.9 Å². The second-order valence-corrected chi connectivity index (χ2v) is 6.93. The molecule has 1 amide bonds. The number of hydrogen-bond acceptors (Lipinski definition) is 4. The minimum atomic E-state index is -0.0988. The Labute approximate surface area is 139 Å². The molecule has 0 aliphatic rings. The second kappa shape index (κ2) is 6.67. The number of aromatic nitrogens is 1. The van der Waals surface area contributed by atoms with Crippen LogP contribution in [-0.2, 0) is 0 Å². The van der Waals surface area contributed by atoms with Gasteiger partial charge >= 0.3 is 0 Å². The number of benzene rings is 1. The van der Waals surface area contributed by atoms with Crippen LogP contribution in [0.3, 0.4) is 0 Å². The maximum atomic E-state index is 12.6. The highest BCUT2D eigenvalue weighted by atomic mass is 35.5. The molecule has 0 fully saturated rings. The van der Waals surface area contributed by atoms with Gasteiger partial charge in [-0.3, -0.25) is 4.79 Å². The highest BCUT2D eigenvalue weighted by molar-refractivity contribution is 7.11. The highest BCUT2D eigenvalue weighted by Crippen LogP contribution is 2.29. The first-order valence-corrected chi connectivity index (χ1v) is 8.09. The first-order chi connectivity index (χ1) is 10.3. The third-order valence-electron chi connectivity index (χ3n) is 3.64. The van der Waals surface area contributed by atoms with E-state index in [-0.39, 0.29) is 11.9 Å². The Hall–Kier alpha value is -1.59. The van der Waals surface area contributed by atoms with Crippen LogP contribution in [0.1, 0.15) is 38.9 Å². The predicted octanol–water partition coefficient (Wildman–Crippen LogP) is 4.26. The van der Waals surface area contributed by atoms with Crippen molar-refractivity contribution in [3.63, 3.8) is 0 Å². The molecule has 118 valence electrons. The zero-order chi connectivity index (χ0) is 16.4. The first kappa shape index (κ1) is 16.8. The van der Waals surface area contributed by atoms with Crippen molar-refractivity contribution in [2.75, 3.05) is 14.2 Å². The number of nitrogens with zero attached hydrogens (tertiary/aromatic N) is 2. The predicted molar refractivity (Wildman–Crippen MR) is 90.1 cm³/mol. The molecule has 0 N–H and O–H groups in total. The summed E-state index contributed by atoms with van der Waals surface area (Å²) in [5.74, 6) is 0.460. The van der Waals surface area contributed by atoms with E-state index in [9.17, 15) is 4.79 Å². The Balaban J connectivity index is 2.25. The minimum absolute atomic E-state index is 0.0953. The van der Waals surface area contributed by atoms with Crippen LogP contribution in [0.2, 0.25) is 5.02 Å². The average molecular weight is 339 g/mol. The Kier molecular flexibility index (Phi) is 5.08. The molecule has 0 unspecified atom stereocenters. The smallest absolute Gasteiger partial charge is 0.254 e. The summed E-state index contributed by atoms with van der Waals surface area (Å²) in [5, 5.41) is 1.43. The van der Waals surface area contributed by atoms with Crippen molar-refractivity contribution in [3.8, 4) is 5.75 Å². The highest BCUT2D eigenvalue weighted by Gasteiger charge is 2.23. The molecule has 1 atom stereocenters. The summed E-state index contributed by atoms with van der Waals surface area (Å²) >= 11 is 7.74. The van der Waals surface area contributed by atoms with Gasteiger partial charge in [-0.15, -0.1) is 11.3 Å². The molecule has 1 aromatic carbocycles. The zero-order valence-electron chi connectivity index (χ0n) is 13.3. The lowest BCUT2D eigenvalue weighted by atomic mass is 10.1. The number of methoxy groups -OCH3 is 1. The van der Waals surface area contributed by atoms with Crippen molar-refractivity contribution in [1.82, 2.24) is 9.88 Å². The van der Waals surface area contributed by atoms with Crippen LogP contribution >= 0.6 is 22.9 Å². The maximum absolute atomic E-state index is 12.6. The van der Waals surface area contributed by atoms with Crippen LogP contribution in [0.5, 0.6) is 5.75 Å². The molecular formula is C16H19ClN2O2S. The number of amides is 1. The van der Waals surface area contributed by atoms with Gasteiger partial charge in [-0.2, -0.15) is 0 Å². The number of rotatable bonds is 4. The summed E-state index contributed by atoms with van der Waals surface area (Å²) < 4.78 is 5.11. The van der Waals surface area contributed by atoms with E-state index in [1.807, 2.05) is 20.8 Å². The molecule has 0 bridgehead atoms. The van der Waals surface area contributed by atoms with Crippen molar-refractivity contribution in [2.45, 2.75) is 26.8 Å². The molecule has 1 aromatic heterocycles. The molecule has 0 saturated heterocycles. The van der Waals surface area contributed by atoms with Gasteiger partial charge in [-0.05, 0) is 39.0 Å². The number of thiazole rings is 1. The summed E-state index contributed by atoms with van der Waals surface area (Å²) in [4.78, 5) is 20.0. The molecule has 0 aliphatic heterocycles. The van der Waals surface area contributed by atoms with Crippen LogP contribution in [0.15, 0.2) is 18.2 Å². The summed E-state index contributed by atoms with van der Waals surface area (Å²) in [5.41, 5.74) is 1.47. The van der Waals surface area contributed by atoms with E-state index < -0.39 is 0 Å². The van der Waals surface area contributed by atoms with Gasteiger partial charge in [0, 0.05) is 17.5 Å². The summed E-state index contributed by atoms with van der Waals surface area (Å²) in [6, 6.07) is 4.95. The van der Waals surface area contributed by atoms with E-state index in [1.54, 1.807) is 48.6 Å². The molecule has 6 heteroatoms. The Morgan fingerprint density at radius 2 is 2.09 bits per heavy atom. The lowest BCUT2D eigenvalue weighted by molar-refractivity contribution is 0.0739. The van der Waals surface area contributed by atoms with Gasteiger partial charge in [0.1, 0.15) is 5.75 Å². The molecule has 0 saturated carbocycles. The first-order valence-electron chi connectivity index (χ1n) is 6.89. The fourth-order valence-corrected chi connectivity index (χ4v) is 3.46. The molecular weight excluding hydrogens is 320 g/mol.